The molecule has 2 aromatic rings. The van der Waals surface area contributed by atoms with E-state index >= 15 is 0 Å². The number of hydrogen-bond donors (Lipinski definition) is 6. The predicted molar refractivity (Wildman–Crippen MR) is 141 cm³/mol. The molecule has 0 saturated carbocycles. The highest BCUT2D eigenvalue weighted by atomic mass is 16.6. The molecule has 0 amide bonds. The monoisotopic (exact) mass is 594 g/mol. The van der Waals surface area contributed by atoms with Gasteiger partial charge in [0.05, 0.1) is 61.4 Å². The van der Waals surface area contributed by atoms with E-state index in [1.807, 2.05) is 0 Å². The molecule has 1 unspecified atom stereocenters. The molecule has 15 nitrogen and oxygen atoms in total. The Kier molecular flexibility index (Phi) is 18.6. The Labute approximate surface area is 238 Å². The predicted octanol–water partition coefficient (Wildman–Crippen LogP) is 0.0533. The summed E-state index contributed by atoms with van der Waals surface area (Å²) in [5.41, 5.74) is 0.680. The Hall–Kier alpha value is -4.80. The van der Waals surface area contributed by atoms with E-state index in [2.05, 4.69) is 14.2 Å². The minimum atomic E-state index is -1.13. The first-order valence-corrected chi connectivity index (χ1v) is 11.8. The van der Waals surface area contributed by atoms with Gasteiger partial charge in [-0.25, -0.2) is 28.8 Å². The number of rotatable bonds is 7. The van der Waals surface area contributed by atoms with Crippen LogP contribution in [0.2, 0.25) is 0 Å². The first kappa shape index (κ1) is 37.2. The number of aromatic carboxylic acids is 2. The molecule has 2 aliphatic rings. The molecule has 0 bridgehead atoms. The lowest BCUT2D eigenvalue weighted by atomic mass is 10.1. The van der Waals surface area contributed by atoms with Crippen molar-refractivity contribution >= 4 is 35.8 Å². The van der Waals surface area contributed by atoms with E-state index in [0.717, 1.165) is 18.2 Å². The number of fused-ring (bicyclic) bond motifs is 1. The maximum atomic E-state index is 10.8. The van der Waals surface area contributed by atoms with Crippen molar-refractivity contribution in [2.45, 2.75) is 13.0 Å². The molecule has 0 fully saturated rings. The fraction of sp³-hybridized carbons (Fsp3) is 0.259. The summed E-state index contributed by atoms with van der Waals surface area (Å²) in [6, 6.07) is 11.7. The van der Waals surface area contributed by atoms with E-state index in [9.17, 15) is 28.8 Å². The third-order valence-electron chi connectivity index (χ3n) is 4.20. The lowest BCUT2D eigenvalue weighted by molar-refractivity contribution is -0.150. The molecule has 2 aliphatic heterocycles. The van der Waals surface area contributed by atoms with Gasteiger partial charge in [0.15, 0.2) is 0 Å². The molecular weight excluding hydrogens is 564 g/mol. The van der Waals surface area contributed by atoms with Crippen LogP contribution in [0.25, 0.3) is 0 Å². The summed E-state index contributed by atoms with van der Waals surface area (Å²) >= 11 is 0. The number of cyclic esters (lactones) is 4. The molecule has 2 heterocycles. The van der Waals surface area contributed by atoms with Crippen LogP contribution >= 0.6 is 0 Å². The van der Waals surface area contributed by atoms with Crippen molar-refractivity contribution in [3.05, 3.63) is 82.9 Å². The van der Waals surface area contributed by atoms with Crippen LogP contribution in [-0.2, 0) is 23.8 Å². The topological polar surface area (TPSA) is 251 Å². The SMILES string of the molecule is CC(O)CO.O=C(O)c1cccc(C(=O)O)c1.O=C1C=CC(=O)O1.O=C1OC(=O)c2ccccc21.OCCOCCO. The highest BCUT2D eigenvalue weighted by molar-refractivity contribution is 6.14. The van der Waals surface area contributed by atoms with Gasteiger partial charge in [0, 0.05) is 12.2 Å². The van der Waals surface area contributed by atoms with Gasteiger partial charge in [-0.2, -0.15) is 0 Å². The highest BCUT2D eigenvalue weighted by Crippen LogP contribution is 2.18. The minimum Gasteiger partial charge on any atom is -0.478 e. The van der Waals surface area contributed by atoms with Crippen molar-refractivity contribution in [2.75, 3.05) is 33.0 Å². The molecule has 6 N–H and O–H groups in total. The number of benzene rings is 2. The largest absolute Gasteiger partial charge is 0.478 e. The quantitative estimate of drug-likeness (QED) is 0.141. The van der Waals surface area contributed by atoms with Crippen molar-refractivity contribution in [1.29, 1.82) is 0 Å². The summed E-state index contributed by atoms with van der Waals surface area (Å²) in [6.07, 6.45) is 1.61. The molecule has 1 atom stereocenters. The molecule has 0 aliphatic carbocycles. The van der Waals surface area contributed by atoms with E-state index in [4.69, 9.17) is 30.6 Å². The van der Waals surface area contributed by atoms with Crippen molar-refractivity contribution in [2.24, 2.45) is 0 Å². The molecule has 228 valence electrons. The fourth-order valence-corrected chi connectivity index (χ4v) is 2.35. The van der Waals surface area contributed by atoms with Crippen LogP contribution in [0.3, 0.4) is 0 Å². The zero-order valence-corrected chi connectivity index (χ0v) is 22.2. The van der Waals surface area contributed by atoms with Gasteiger partial charge in [-0.05, 0) is 37.3 Å². The normalized spacial score (nSPS) is 12.8. The Morgan fingerprint density at radius 3 is 1.43 bits per heavy atom. The zero-order valence-electron chi connectivity index (χ0n) is 22.2. The number of hydrogen-bond acceptors (Lipinski definition) is 13. The standard InChI is InChI=1S/C8H6O4.C8H4O3.C4H2O3.C4H10O3.C3H8O2/c9-7(10)5-2-1-3-6(4-5)8(11)12;9-7-5-3-1-2-4-6(5)8(10)11-7;5-3-1-2-4(6)7-3;5-1-3-7-4-2-6;1-3(5)2-4/h1-4H,(H,9,10)(H,11,12);1-4H;1-2H;5-6H,1-4H2;3-5H,2H2,1H3. The fourth-order valence-electron chi connectivity index (χ4n) is 2.35. The van der Waals surface area contributed by atoms with Crippen LogP contribution < -0.4 is 0 Å². The molecule has 0 radical (unpaired) electrons. The molecule has 4 rings (SSSR count). The van der Waals surface area contributed by atoms with Gasteiger partial charge < -0.3 is 44.8 Å². The van der Waals surface area contributed by atoms with Gasteiger partial charge in [-0.1, -0.05) is 18.2 Å². The van der Waals surface area contributed by atoms with E-state index in [0.29, 0.717) is 24.3 Å². The van der Waals surface area contributed by atoms with Gasteiger partial charge in [-0.3, -0.25) is 0 Å². The number of aliphatic hydroxyl groups excluding tert-OH is 4. The molecule has 42 heavy (non-hydrogen) atoms. The number of aliphatic hydroxyl groups is 4. The van der Waals surface area contributed by atoms with Gasteiger partial charge in [0.25, 0.3) is 0 Å². The van der Waals surface area contributed by atoms with Crippen LogP contribution in [0.15, 0.2) is 60.7 Å². The van der Waals surface area contributed by atoms with Crippen molar-refractivity contribution in [1.82, 2.24) is 0 Å². The minimum absolute atomic E-state index is 0.0186. The second kappa shape index (κ2) is 21.0. The number of carboxylic acids is 2. The van der Waals surface area contributed by atoms with Gasteiger partial charge in [0.1, 0.15) is 0 Å². The van der Waals surface area contributed by atoms with E-state index in [-0.39, 0.29) is 30.9 Å². The third-order valence-corrected chi connectivity index (χ3v) is 4.20. The number of carbonyl (C=O) groups is 6. The molecule has 15 heteroatoms. The summed E-state index contributed by atoms with van der Waals surface area (Å²) in [6.45, 7) is 2.08. The van der Waals surface area contributed by atoms with Gasteiger partial charge in [0.2, 0.25) is 0 Å². The summed E-state index contributed by atoms with van der Waals surface area (Å²) in [4.78, 5) is 62.3. The number of carboxylic acid groups (broad SMARTS) is 2. The highest BCUT2D eigenvalue weighted by Gasteiger charge is 2.28. The Morgan fingerprint density at radius 2 is 1.14 bits per heavy atom. The van der Waals surface area contributed by atoms with Gasteiger partial charge >= 0.3 is 35.8 Å². The zero-order chi connectivity index (χ0) is 32.1. The molecule has 0 aromatic heterocycles. The Morgan fingerprint density at radius 1 is 0.738 bits per heavy atom. The van der Waals surface area contributed by atoms with Crippen molar-refractivity contribution in [3.8, 4) is 0 Å². The Bertz CT molecular complexity index is 1150. The first-order chi connectivity index (χ1) is 19.9. The second-order valence-corrected chi connectivity index (χ2v) is 7.58. The number of esters is 4. The lowest BCUT2D eigenvalue weighted by Crippen LogP contribution is -2.03. The average molecular weight is 595 g/mol. The number of carbonyl (C=O) groups excluding carboxylic acids is 4. The first-order valence-electron chi connectivity index (χ1n) is 11.8. The molecule has 2 aromatic carbocycles. The van der Waals surface area contributed by atoms with Crippen LogP contribution in [0.1, 0.15) is 48.4 Å². The Balaban J connectivity index is 0.000000519. The van der Waals surface area contributed by atoms with E-state index in [1.54, 1.807) is 24.3 Å². The smallest absolute Gasteiger partial charge is 0.346 e. The van der Waals surface area contributed by atoms with Crippen molar-refractivity contribution in [3.63, 3.8) is 0 Å². The summed E-state index contributed by atoms with van der Waals surface area (Å²) < 4.78 is 13.0. The summed E-state index contributed by atoms with van der Waals surface area (Å²) in [7, 11) is 0. The maximum Gasteiger partial charge on any atom is 0.346 e. The molecule has 0 saturated heterocycles. The van der Waals surface area contributed by atoms with Crippen molar-refractivity contribution < 1.29 is 73.6 Å². The van der Waals surface area contributed by atoms with E-state index in [1.165, 1.54) is 25.1 Å². The van der Waals surface area contributed by atoms with Gasteiger partial charge in [-0.15, -0.1) is 0 Å². The van der Waals surface area contributed by atoms with Crippen LogP contribution in [-0.4, -0.2) is 106 Å². The maximum absolute atomic E-state index is 10.8. The lowest BCUT2D eigenvalue weighted by Gasteiger charge is -1.95. The third kappa shape index (κ3) is 15.7. The number of ether oxygens (including phenoxy) is 3. The average Bonchev–Trinajstić information content (AvgIpc) is 3.50. The summed E-state index contributed by atoms with van der Waals surface area (Å²) in [5.74, 6) is -4.51. The molecular formula is C27H30O15. The van der Waals surface area contributed by atoms with Crippen LogP contribution in [0.5, 0.6) is 0 Å². The second-order valence-electron chi connectivity index (χ2n) is 7.58. The molecule has 0 spiro atoms. The van der Waals surface area contributed by atoms with E-state index < -0.39 is 41.9 Å². The van der Waals surface area contributed by atoms with Crippen LogP contribution in [0.4, 0.5) is 0 Å². The van der Waals surface area contributed by atoms with Crippen LogP contribution in [0, 0.1) is 0 Å². The summed E-state index contributed by atoms with van der Waals surface area (Å²) in [5, 5.41) is 49.2.